The van der Waals surface area contributed by atoms with Crippen molar-refractivity contribution in [3.05, 3.63) is 48.6 Å². The molecule has 0 spiro atoms. The number of amidine groups is 2. The van der Waals surface area contributed by atoms with E-state index in [1.807, 2.05) is 0 Å². The quantitative estimate of drug-likeness (QED) is 0.0374. The molecule has 1 N–H and O–H groups in total. The molecule has 0 aromatic heterocycles. The number of hydrogen-bond acceptors (Lipinski definition) is 7. The number of esters is 1. The monoisotopic (exact) mass is 890 g/mol. The fraction of sp³-hybridized carbons (Fsp3) is 0.786. The number of rotatable bonds is 43. The molecule has 0 bridgehead atoms. The number of nitrogens with zero attached hydrogens (tertiary/aromatic N) is 4. The summed E-state index contributed by atoms with van der Waals surface area (Å²) in [6, 6.07) is -0.0530. The van der Waals surface area contributed by atoms with E-state index in [9.17, 15) is 9.59 Å². The van der Waals surface area contributed by atoms with Crippen LogP contribution in [0.25, 0.3) is 0 Å². The van der Waals surface area contributed by atoms with Crippen LogP contribution in [0.5, 0.6) is 0 Å². The summed E-state index contributed by atoms with van der Waals surface area (Å²) in [5.74, 6) is 2.41. The molecule has 0 saturated carbocycles. The summed E-state index contributed by atoms with van der Waals surface area (Å²) in [6.45, 7) is 12.9. The Morgan fingerprint density at radius 1 is 0.594 bits per heavy atom. The Bertz CT molecular complexity index is 1340. The first kappa shape index (κ1) is 57.0. The van der Waals surface area contributed by atoms with E-state index in [1.54, 1.807) is 0 Å². The second-order valence-corrected chi connectivity index (χ2v) is 18.4. The third-order valence-corrected chi connectivity index (χ3v) is 12.7. The molecule has 2 rings (SSSR count). The lowest BCUT2D eigenvalue weighted by Crippen LogP contribution is -2.50. The molecule has 8 nitrogen and oxygen atoms in total. The molecule has 0 aliphatic carbocycles. The van der Waals surface area contributed by atoms with Gasteiger partial charge in [-0.05, 0) is 103 Å². The minimum absolute atomic E-state index is 0.0115. The maximum Gasteiger partial charge on any atom is 0.305 e. The molecule has 64 heavy (non-hydrogen) atoms. The van der Waals surface area contributed by atoms with Gasteiger partial charge in [-0.15, -0.1) is 0 Å². The second kappa shape index (κ2) is 41.3. The van der Waals surface area contributed by atoms with Crippen molar-refractivity contribution in [3.8, 4) is 0 Å². The second-order valence-electron chi connectivity index (χ2n) is 18.4. The van der Waals surface area contributed by atoms with Crippen LogP contribution in [0, 0.1) is 0 Å². The molecule has 2 aliphatic heterocycles. The molecule has 2 aliphatic rings. The summed E-state index contributed by atoms with van der Waals surface area (Å²) in [7, 11) is 0. The minimum Gasteiger partial charge on any atom is -0.463 e. The van der Waals surface area contributed by atoms with E-state index < -0.39 is 0 Å². The molecule has 0 aromatic carbocycles. The fourth-order valence-corrected chi connectivity index (χ4v) is 8.89. The van der Waals surface area contributed by atoms with Gasteiger partial charge in [0, 0.05) is 51.9 Å². The molecule has 0 fully saturated rings. The van der Waals surface area contributed by atoms with Crippen molar-refractivity contribution in [3.63, 3.8) is 0 Å². The zero-order valence-electron chi connectivity index (χ0n) is 42.2. The van der Waals surface area contributed by atoms with Crippen molar-refractivity contribution in [1.82, 2.24) is 15.1 Å². The summed E-state index contributed by atoms with van der Waals surface area (Å²) in [5.41, 5.74) is 0. The van der Waals surface area contributed by atoms with Crippen LogP contribution >= 0.6 is 0 Å². The van der Waals surface area contributed by atoms with Crippen LogP contribution in [0.2, 0.25) is 0 Å². The van der Waals surface area contributed by atoms with Crippen molar-refractivity contribution in [2.24, 2.45) is 9.98 Å². The maximum atomic E-state index is 13.3. The SMILES string of the molecule is CC/C=C/CCCCCCCC(=O)NCCN1CC(C(COC(=O)CCCCCCC/C=C/CC)N2CCN=C2CCCCCCC/C=C/CC)N=C1CCCCCCC/C=C/CC. The first-order valence-electron chi connectivity index (χ1n) is 27.2. The molecule has 0 radical (unpaired) electrons. The van der Waals surface area contributed by atoms with Crippen LogP contribution in [0.1, 0.15) is 233 Å². The molecule has 2 atom stereocenters. The summed E-state index contributed by atoms with van der Waals surface area (Å²) in [6.07, 6.45) is 54.0. The average molecular weight is 890 g/mol. The molecule has 366 valence electrons. The van der Waals surface area contributed by atoms with E-state index in [1.165, 1.54) is 115 Å². The molecule has 0 aromatic rings. The average Bonchev–Trinajstić information content (AvgIpc) is 3.93. The highest BCUT2D eigenvalue weighted by molar-refractivity contribution is 5.86. The predicted molar refractivity (Wildman–Crippen MR) is 277 cm³/mol. The number of allylic oxidation sites excluding steroid dienone is 8. The normalized spacial score (nSPS) is 16.0. The molecule has 8 heteroatoms. The van der Waals surface area contributed by atoms with E-state index in [0.717, 1.165) is 115 Å². The lowest BCUT2D eigenvalue weighted by atomic mass is 10.1. The molecular weight excluding hydrogens is 791 g/mol. The first-order valence-corrected chi connectivity index (χ1v) is 27.2. The van der Waals surface area contributed by atoms with E-state index in [2.05, 4.69) is 91.4 Å². The standard InChI is InChI=1S/C56H99N5O3/c1-5-9-13-17-21-25-29-33-37-41-53-57-46-48-61(53)52(50-64-56(63)44-40-36-32-28-24-20-16-12-8-4)51-49-60(54(59-51)42-38-34-30-26-22-18-14-10-6-2)47-45-58-55(62)43-39-35-31-27-23-19-15-11-7-3/h9-16,51-52H,5-8,17-50H2,1-4H3,(H,58,62)/b13-9+,14-10+,15-11+,16-12+. The van der Waals surface area contributed by atoms with Gasteiger partial charge in [0.25, 0.3) is 0 Å². The van der Waals surface area contributed by atoms with Gasteiger partial charge in [-0.25, -0.2) is 0 Å². The third kappa shape index (κ3) is 29.4. The van der Waals surface area contributed by atoms with Crippen molar-refractivity contribution in [1.29, 1.82) is 0 Å². The first-order chi connectivity index (χ1) is 31.5. The van der Waals surface area contributed by atoms with E-state index in [4.69, 9.17) is 14.7 Å². The van der Waals surface area contributed by atoms with Gasteiger partial charge in [0.05, 0.1) is 30.3 Å². The third-order valence-electron chi connectivity index (χ3n) is 12.7. The number of unbranched alkanes of at least 4 members (excludes halogenated alkanes) is 20. The lowest BCUT2D eigenvalue weighted by molar-refractivity contribution is -0.145. The number of hydrogen-bond donors (Lipinski definition) is 1. The Balaban J connectivity index is 2.05. The van der Waals surface area contributed by atoms with Gasteiger partial charge in [-0.1, -0.05) is 153 Å². The van der Waals surface area contributed by atoms with E-state index >= 15 is 0 Å². The van der Waals surface area contributed by atoms with Gasteiger partial charge in [0.2, 0.25) is 5.91 Å². The number of nitrogens with one attached hydrogen (secondary N) is 1. The molecular formula is C56H99N5O3. The van der Waals surface area contributed by atoms with Crippen LogP contribution < -0.4 is 5.32 Å². The van der Waals surface area contributed by atoms with E-state index in [-0.39, 0.29) is 24.0 Å². The highest BCUT2D eigenvalue weighted by atomic mass is 16.5. The van der Waals surface area contributed by atoms with Crippen molar-refractivity contribution in [2.75, 3.05) is 39.3 Å². The van der Waals surface area contributed by atoms with Crippen LogP contribution in [0.15, 0.2) is 58.6 Å². The number of carbonyl (C=O) groups excluding carboxylic acids is 2. The molecule has 1 amide bonds. The zero-order chi connectivity index (χ0) is 46.0. The summed E-state index contributed by atoms with van der Waals surface area (Å²) < 4.78 is 6.17. The lowest BCUT2D eigenvalue weighted by Gasteiger charge is -2.34. The van der Waals surface area contributed by atoms with E-state index in [0.29, 0.717) is 26.0 Å². The largest absolute Gasteiger partial charge is 0.463 e. The van der Waals surface area contributed by atoms with Crippen molar-refractivity contribution >= 4 is 23.5 Å². The van der Waals surface area contributed by atoms with Crippen LogP contribution in [-0.4, -0.2) is 84.8 Å². The summed E-state index contributed by atoms with van der Waals surface area (Å²) in [4.78, 5) is 41.6. The van der Waals surface area contributed by atoms with Crippen LogP contribution in [0.4, 0.5) is 0 Å². The van der Waals surface area contributed by atoms with Gasteiger partial charge in [-0.3, -0.25) is 19.6 Å². The molecule has 2 heterocycles. The van der Waals surface area contributed by atoms with Gasteiger partial charge in [-0.2, -0.15) is 0 Å². The Kier molecular flexibility index (Phi) is 36.7. The Labute approximate surface area is 394 Å². The zero-order valence-corrected chi connectivity index (χ0v) is 42.2. The van der Waals surface area contributed by atoms with Gasteiger partial charge >= 0.3 is 5.97 Å². The number of aliphatic imine (C=N–C) groups is 2. The maximum absolute atomic E-state index is 13.3. The van der Waals surface area contributed by atoms with Gasteiger partial charge < -0.3 is 19.9 Å². The van der Waals surface area contributed by atoms with Gasteiger partial charge in [0.15, 0.2) is 0 Å². The number of amides is 1. The highest BCUT2D eigenvalue weighted by Crippen LogP contribution is 2.24. The topological polar surface area (TPSA) is 86.6 Å². The van der Waals surface area contributed by atoms with Gasteiger partial charge in [0.1, 0.15) is 6.61 Å². The number of ether oxygens (including phenoxy) is 1. The summed E-state index contributed by atoms with van der Waals surface area (Å²) >= 11 is 0. The Morgan fingerprint density at radius 3 is 1.56 bits per heavy atom. The van der Waals surface area contributed by atoms with Crippen molar-refractivity contribution < 1.29 is 14.3 Å². The molecule has 0 saturated heterocycles. The minimum atomic E-state index is -0.0848. The number of carbonyl (C=O) groups is 2. The molecule has 2 unspecified atom stereocenters. The summed E-state index contributed by atoms with van der Waals surface area (Å²) in [5, 5.41) is 3.24. The van der Waals surface area contributed by atoms with Crippen LogP contribution in [0.3, 0.4) is 0 Å². The fourth-order valence-electron chi connectivity index (χ4n) is 8.89. The van der Waals surface area contributed by atoms with Crippen molar-refractivity contribution in [2.45, 2.75) is 245 Å². The smallest absolute Gasteiger partial charge is 0.305 e. The van der Waals surface area contributed by atoms with Crippen LogP contribution in [-0.2, 0) is 14.3 Å². The predicted octanol–water partition coefficient (Wildman–Crippen LogP) is 14.6. The Morgan fingerprint density at radius 2 is 1.05 bits per heavy atom. The highest BCUT2D eigenvalue weighted by Gasteiger charge is 2.37. The Hall–Kier alpha value is -3.16.